The summed E-state index contributed by atoms with van der Waals surface area (Å²) in [5.74, 6) is -1.08. The Kier molecular flexibility index (Phi) is 7.84. The number of halogens is 4. The molecule has 0 N–H and O–H groups in total. The highest BCUT2D eigenvalue weighted by Crippen LogP contribution is 2.44. The molecule has 0 radical (unpaired) electrons. The largest absolute Gasteiger partial charge is 0.510 e. The quantitative estimate of drug-likeness (QED) is 0.284. The molecular formula is C27H23ClF3N3O6S. The molecule has 3 aromatic rings. The molecule has 0 bridgehead atoms. The van der Waals surface area contributed by atoms with Gasteiger partial charge in [0.1, 0.15) is 12.7 Å². The molecule has 5 rings (SSSR count). The third-order valence-corrected chi connectivity index (χ3v) is 8.22. The normalized spacial score (nSPS) is 17.1. The predicted octanol–water partition coefficient (Wildman–Crippen LogP) is 5.32. The van der Waals surface area contributed by atoms with E-state index in [0.29, 0.717) is 15.7 Å². The fourth-order valence-electron chi connectivity index (χ4n) is 4.79. The van der Waals surface area contributed by atoms with Gasteiger partial charge in [0, 0.05) is 27.9 Å². The fourth-order valence-corrected chi connectivity index (χ4v) is 6.16. The number of thioether (sulfide) groups is 1. The topological polar surface area (TPSA) is 90.3 Å². The molecule has 2 aromatic carbocycles. The van der Waals surface area contributed by atoms with Gasteiger partial charge in [0.2, 0.25) is 18.0 Å². The second kappa shape index (κ2) is 11.2. The minimum atomic E-state index is -4.77. The third kappa shape index (κ3) is 5.43. The van der Waals surface area contributed by atoms with Gasteiger partial charge >= 0.3 is 12.3 Å². The average molecular weight is 610 g/mol. The first-order valence-corrected chi connectivity index (χ1v) is 13.6. The number of ether oxygens (including phenoxy) is 3. The van der Waals surface area contributed by atoms with Gasteiger partial charge in [0.15, 0.2) is 5.69 Å². The molecule has 2 atom stereocenters. The number of alkyl halides is 3. The van der Waals surface area contributed by atoms with Crippen molar-refractivity contribution < 1.29 is 37.0 Å². The molecule has 0 fully saturated rings. The highest BCUT2D eigenvalue weighted by Gasteiger charge is 2.47. The van der Waals surface area contributed by atoms with Crippen LogP contribution < -0.4 is 15.2 Å². The number of fused-ring (bicyclic) bond motifs is 3. The Balaban J connectivity index is 1.73. The molecule has 2 aliphatic rings. The minimum Gasteiger partial charge on any atom is -0.451 e. The summed E-state index contributed by atoms with van der Waals surface area (Å²) in [6, 6.07) is 11.0. The molecular weight excluding hydrogens is 587 g/mol. The second-order valence-electron chi connectivity index (χ2n) is 9.21. The lowest BCUT2D eigenvalue weighted by Crippen LogP contribution is -2.60. The van der Waals surface area contributed by atoms with E-state index in [4.69, 9.17) is 21.1 Å². The Hall–Kier alpha value is -3.84. The molecule has 1 aromatic heterocycles. The number of pyridine rings is 1. The number of amides is 1. The zero-order valence-electron chi connectivity index (χ0n) is 21.7. The minimum absolute atomic E-state index is 0.446. The lowest BCUT2D eigenvalue weighted by molar-refractivity contribution is -0.173. The number of carbonyl (C=O) groups excluding carboxylic acids is 2. The molecule has 41 heavy (non-hydrogen) atoms. The number of carbonyl (C=O) groups is 2. The van der Waals surface area contributed by atoms with Crippen molar-refractivity contribution in [2.45, 2.75) is 35.8 Å². The smallest absolute Gasteiger partial charge is 0.451 e. The van der Waals surface area contributed by atoms with Gasteiger partial charge < -0.3 is 19.1 Å². The molecule has 1 amide bonds. The highest BCUT2D eigenvalue weighted by molar-refractivity contribution is 7.98. The van der Waals surface area contributed by atoms with Crippen LogP contribution in [0, 0.1) is 0 Å². The molecule has 0 saturated carbocycles. The van der Waals surface area contributed by atoms with Gasteiger partial charge in [-0.25, -0.2) is 4.79 Å². The van der Waals surface area contributed by atoms with Crippen molar-refractivity contribution in [2.75, 3.05) is 25.6 Å². The van der Waals surface area contributed by atoms with Crippen molar-refractivity contribution in [3.8, 4) is 5.75 Å². The lowest BCUT2D eigenvalue weighted by atomic mass is 9.94. The van der Waals surface area contributed by atoms with E-state index in [0.717, 1.165) is 41.7 Å². The molecule has 0 spiro atoms. The summed E-state index contributed by atoms with van der Waals surface area (Å²) < 4.78 is 57.9. The monoisotopic (exact) mass is 609 g/mol. The standard InChI is InChI=1S/C27H23ClF3N3O6S/c1-15(27(29,30)31)32-13-34(33-10-9-20(35)24(23(33)25(32)36)39-14-40-26(37)38-2)22-18-6-4-3-5-16(18)12-41-21-11-17(28)7-8-19(21)22/h3-11,15,22H,12-14H2,1-2H3/t15-,22+/m1/s1. The van der Waals surface area contributed by atoms with Gasteiger partial charge in [-0.3, -0.25) is 19.3 Å². The second-order valence-corrected chi connectivity index (χ2v) is 10.7. The lowest BCUT2D eigenvalue weighted by Gasteiger charge is -2.46. The van der Waals surface area contributed by atoms with E-state index in [1.54, 1.807) is 23.2 Å². The van der Waals surface area contributed by atoms with Crippen LogP contribution in [0.4, 0.5) is 18.0 Å². The van der Waals surface area contributed by atoms with E-state index in [2.05, 4.69) is 4.74 Å². The average Bonchev–Trinajstić information content (AvgIpc) is 3.10. The number of rotatable bonds is 5. The van der Waals surface area contributed by atoms with Crippen LogP contribution in [0.2, 0.25) is 5.02 Å². The molecule has 2 aliphatic heterocycles. The van der Waals surface area contributed by atoms with Gasteiger partial charge in [0.05, 0.1) is 13.2 Å². The predicted molar refractivity (Wildman–Crippen MR) is 144 cm³/mol. The van der Waals surface area contributed by atoms with Gasteiger partial charge in [-0.1, -0.05) is 41.9 Å². The summed E-state index contributed by atoms with van der Waals surface area (Å²) in [6.07, 6.45) is -4.57. The van der Waals surface area contributed by atoms with Crippen LogP contribution in [0.3, 0.4) is 0 Å². The summed E-state index contributed by atoms with van der Waals surface area (Å²) in [6.45, 7) is -0.414. The van der Waals surface area contributed by atoms with Crippen molar-refractivity contribution in [1.29, 1.82) is 0 Å². The fraction of sp³-hybridized carbons (Fsp3) is 0.296. The number of methoxy groups -OCH3 is 1. The van der Waals surface area contributed by atoms with Gasteiger partial charge in [-0.05, 0) is 35.7 Å². The van der Waals surface area contributed by atoms with E-state index >= 15 is 0 Å². The van der Waals surface area contributed by atoms with Crippen LogP contribution in [-0.4, -0.2) is 54.4 Å². The Morgan fingerprint density at radius 3 is 2.63 bits per heavy atom. The number of aromatic nitrogens is 1. The van der Waals surface area contributed by atoms with E-state index < -0.39 is 60.7 Å². The summed E-state index contributed by atoms with van der Waals surface area (Å²) in [4.78, 5) is 39.4. The van der Waals surface area contributed by atoms with E-state index in [-0.39, 0.29) is 0 Å². The molecule has 9 nitrogen and oxygen atoms in total. The first kappa shape index (κ1) is 28.7. The number of benzene rings is 2. The van der Waals surface area contributed by atoms with Crippen molar-refractivity contribution in [3.05, 3.63) is 92.4 Å². The number of hydrogen-bond acceptors (Lipinski definition) is 8. The summed E-state index contributed by atoms with van der Waals surface area (Å²) in [5, 5.41) is 2.07. The SMILES string of the molecule is COC(=O)OCOc1c2n(ccc1=O)N([C@H]1c3ccccc3CSc3cc(Cl)ccc31)CN([C@H](C)C(F)(F)F)C2=O. The van der Waals surface area contributed by atoms with Crippen LogP contribution in [-0.2, 0) is 15.2 Å². The Morgan fingerprint density at radius 2 is 1.90 bits per heavy atom. The molecule has 14 heteroatoms. The Morgan fingerprint density at radius 1 is 1.15 bits per heavy atom. The van der Waals surface area contributed by atoms with E-state index in [1.165, 1.54) is 22.6 Å². The maximum absolute atomic E-state index is 14.0. The maximum atomic E-state index is 14.0. The summed E-state index contributed by atoms with van der Waals surface area (Å²) >= 11 is 7.84. The Labute approximate surface area is 241 Å². The molecule has 0 saturated heterocycles. The van der Waals surface area contributed by atoms with Gasteiger partial charge in [-0.15, -0.1) is 11.8 Å². The van der Waals surface area contributed by atoms with Crippen molar-refractivity contribution in [1.82, 2.24) is 9.58 Å². The summed E-state index contributed by atoms with van der Waals surface area (Å²) in [7, 11) is 1.06. The molecule has 216 valence electrons. The molecule has 3 heterocycles. The van der Waals surface area contributed by atoms with Gasteiger partial charge in [0.25, 0.3) is 5.91 Å². The van der Waals surface area contributed by atoms with Crippen LogP contribution in [0.1, 0.15) is 40.1 Å². The first-order chi connectivity index (χ1) is 19.5. The number of hydrogen-bond donors (Lipinski definition) is 0. The number of nitrogens with zero attached hydrogens (tertiary/aromatic N) is 3. The van der Waals surface area contributed by atoms with E-state index in [1.807, 2.05) is 24.3 Å². The van der Waals surface area contributed by atoms with Crippen LogP contribution >= 0.6 is 23.4 Å². The van der Waals surface area contributed by atoms with E-state index in [9.17, 15) is 27.6 Å². The third-order valence-electron chi connectivity index (χ3n) is 6.86. The maximum Gasteiger partial charge on any atom is 0.510 e. The highest BCUT2D eigenvalue weighted by atomic mass is 35.5. The van der Waals surface area contributed by atoms with Crippen LogP contribution in [0.5, 0.6) is 5.75 Å². The first-order valence-electron chi connectivity index (χ1n) is 12.2. The van der Waals surface area contributed by atoms with Crippen molar-refractivity contribution in [3.63, 3.8) is 0 Å². The molecule has 0 aliphatic carbocycles. The van der Waals surface area contributed by atoms with Gasteiger partial charge in [-0.2, -0.15) is 13.2 Å². The Bertz CT molecular complexity index is 1570. The zero-order chi connectivity index (χ0) is 29.5. The van der Waals surface area contributed by atoms with Crippen LogP contribution in [0.15, 0.2) is 64.4 Å². The van der Waals surface area contributed by atoms with Crippen molar-refractivity contribution >= 4 is 35.4 Å². The van der Waals surface area contributed by atoms with Crippen LogP contribution in [0.25, 0.3) is 0 Å². The van der Waals surface area contributed by atoms with Crippen molar-refractivity contribution in [2.24, 2.45) is 0 Å². The zero-order valence-corrected chi connectivity index (χ0v) is 23.3. The summed E-state index contributed by atoms with van der Waals surface area (Å²) in [5.41, 5.74) is 1.25. The molecule has 0 unspecified atom stereocenters.